The molecule has 0 saturated heterocycles. The molecule has 118 valence electrons. The van der Waals surface area contributed by atoms with Crippen molar-refractivity contribution in [1.82, 2.24) is 10.3 Å². The molecule has 23 heavy (non-hydrogen) atoms. The largest absolute Gasteiger partial charge is 0.466 e. The van der Waals surface area contributed by atoms with Crippen LogP contribution in [-0.4, -0.2) is 23.9 Å². The van der Waals surface area contributed by atoms with Gasteiger partial charge in [0.15, 0.2) is 10.8 Å². The van der Waals surface area contributed by atoms with E-state index in [1.165, 1.54) is 36.8 Å². The Hall–Kier alpha value is -2.25. The first-order valence-corrected chi connectivity index (χ1v) is 7.83. The Labute approximate surface area is 140 Å². The fraction of sp³-hybridized carbons (Fsp3) is 0.133. The van der Waals surface area contributed by atoms with Crippen molar-refractivity contribution in [3.8, 4) is 0 Å². The van der Waals surface area contributed by atoms with Gasteiger partial charge >= 0.3 is 5.97 Å². The van der Waals surface area contributed by atoms with Crippen LogP contribution in [0.5, 0.6) is 0 Å². The second-order valence-corrected chi connectivity index (χ2v) is 5.93. The fourth-order valence-corrected chi connectivity index (χ4v) is 2.86. The van der Waals surface area contributed by atoms with Gasteiger partial charge in [-0.2, -0.15) is 0 Å². The Bertz CT molecular complexity index is 805. The molecule has 1 aliphatic heterocycles. The van der Waals surface area contributed by atoms with Crippen LogP contribution in [0.2, 0.25) is 5.02 Å². The first-order valence-electron chi connectivity index (χ1n) is 6.57. The van der Waals surface area contributed by atoms with Crippen molar-refractivity contribution in [1.29, 1.82) is 0 Å². The molecule has 1 aromatic carbocycles. The number of nitrogens with one attached hydrogen (secondary N) is 1. The van der Waals surface area contributed by atoms with Gasteiger partial charge in [-0.3, -0.25) is 4.99 Å². The summed E-state index contributed by atoms with van der Waals surface area (Å²) in [6.07, 6.45) is 3.16. The predicted octanol–water partition coefficient (Wildman–Crippen LogP) is 3.08. The van der Waals surface area contributed by atoms with Crippen LogP contribution >= 0.6 is 22.9 Å². The average Bonchev–Trinajstić information content (AvgIpc) is 3.10. The highest BCUT2D eigenvalue weighted by molar-refractivity contribution is 7.11. The Morgan fingerprint density at radius 1 is 1.48 bits per heavy atom. The number of esters is 1. The quantitative estimate of drug-likeness (QED) is 0.863. The summed E-state index contributed by atoms with van der Waals surface area (Å²) in [5.41, 5.74) is 0.772. The van der Waals surface area contributed by atoms with Gasteiger partial charge in [0.25, 0.3) is 0 Å². The zero-order valence-corrected chi connectivity index (χ0v) is 13.5. The van der Waals surface area contributed by atoms with Gasteiger partial charge in [-0.05, 0) is 17.7 Å². The van der Waals surface area contributed by atoms with Crippen molar-refractivity contribution in [2.24, 2.45) is 4.99 Å². The van der Waals surface area contributed by atoms with E-state index in [0.717, 1.165) is 0 Å². The number of thiazole rings is 1. The topological polar surface area (TPSA) is 63.6 Å². The standard InChI is InChI=1S/C15H11ClFN3O2S/c1-22-15(21)9-7-19-13(14-18-4-5-23-14)20-12(9)8-2-3-10(16)11(17)6-8/h2-7,12H,1H3,(H,19,20)/t12-/m0/s1. The molecule has 1 aliphatic rings. The molecule has 3 rings (SSSR count). The number of benzene rings is 1. The first kappa shape index (κ1) is 15.6. The van der Waals surface area contributed by atoms with Crippen LogP contribution in [0.15, 0.2) is 46.5 Å². The molecular weight excluding hydrogens is 341 g/mol. The number of nitrogens with zero attached hydrogens (tertiary/aromatic N) is 2. The van der Waals surface area contributed by atoms with Gasteiger partial charge in [0.1, 0.15) is 11.9 Å². The van der Waals surface area contributed by atoms with E-state index in [2.05, 4.69) is 15.3 Å². The molecule has 0 unspecified atom stereocenters. The molecule has 0 radical (unpaired) electrons. The number of aromatic nitrogens is 1. The molecule has 0 aliphatic carbocycles. The molecule has 1 N–H and O–H groups in total. The van der Waals surface area contributed by atoms with Gasteiger partial charge in [-0.15, -0.1) is 11.3 Å². The number of carbonyl (C=O) groups excluding carboxylic acids is 1. The second kappa shape index (κ2) is 6.47. The first-order chi connectivity index (χ1) is 11.1. The number of aliphatic imine (C=N–C) groups is 1. The molecule has 0 spiro atoms. The molecule has 0 saturated carbocycles. The lowest BCUT2D eigenvalue weighted by Crippen LogP contribution is -2.28. The molecule has 8 heteroatoms. The smallest absolute Gasteiger partial charge is 0.337 e. The van der Waals surface area contributed by atoms with Gasteiger partial charge in [-0.25, -0.2) is 14.2 Å². The Morgan fingerprint density at radius 3 is 2.96 bits per heavy atom. The molecule has 5 nitrogen and oxygen atoms in total. The van der Waals surface area contributed by atoms with Gasteiger partial charge in [0.2, 0.25) is 0 Å². The minimum atomic E-state index is -0.700. The molecule has 0 bridgehead atoms. The van der Waals surface area contributed by atoms with Gasteiger partial charge < -0.3 is 10.1 Å². The fourth-order valence-electron chi connectivity index (χ4n) is 2.14. The number of hydrogen-bond acceptors (Lipinski definition) is 6. The number of halogens is 2. The van der Waals surface area contributed by atoms with Crippen molar-refractivity contribution in [3.63, 3.8) is 0 Å². The molecule has 2 aromatic rings. The van der Waals surface area contributed by atoms with Crippen LogP contribution in [-0.2, 0) is 9.53 Å². The van der Waals surface area contributed by atoms with Crippen molar-refractivity contribution < 1.29 is 13.9 Å². The van der Waals surface area contributed by atoms with E-state index in [0.29, 0.717) is 16.4 Å². The van der Waals surface area contributed by atoms with Gasteiger partial charge in [-0.1, -0.05) is 17.7 Å². The third-order valence-electron chi connectivity index (χ3n) is 3.23. The third-order valence-corrected chi connectivity index (χ3v) is 4.32. The number of amidine groups is 1. The van der Waals surface area contributed by atoms with Crippen LogP contribution in [0.3, 0.4) is 0 Å². The Balaban J connectivity index is 2.05. The summed E-state index contributed by atoms with van der Waals surface area (Å²) >= 11 is 7.12. The number of ether oxygens (including phenoxy) is 1. The minimum absolute atomic E-state index is 0.00964. The zero-order valence-electron chi connectivity index (χ0n) is 11.9. The number of rotatable bonds is 3. The maximum Gasteiger partial charge on any atom is 0.337 e. The second-order valence-electron chi connectivity index (χ2n) is 4.63. The highest BCUT2D eigenvalue weighted by Gasteiger charge is 2.28. The number of methoxy groups -OCH3 is 1. The van der Waals surface area contributed by atoms with Crippen LogP contribution in [0.1, 0.15) is 16.6 Å². The van der Waals surface area contributed by atoms with Crippen LogP contribution in [0, 0.1) is 5.82 Å². The van der Waals surface area contributed by atoms with Crippen LogP contribution in [0.25, 0.3) is 0 Å². The third kappa shape index (κ3) is 3.11. The van der Waals surface area contributed by atoms with Crippen molar-refractivity contribution in [2.75, 3.05) is 7.11 Å². The Kier molecular flexibility index (Phi) is 4.40. The lowest BCUT2D eigenvalue weighted by atomic mass is 9.98. The van der Waals surface area contributed by atoms with Crippen LogP contribution < -0.4 is 5.32 Å². The molecule has 2 heterocycles. The van der Waals surface area contributed by atoms with Crippen molar-refractivity contribution in [3.05, 3.63) is 63.0 Å². The van der Waals surface area contributed by atoms with Gasteiger partial charge in [0, 0.05) is 17.8 Å². The molecular formula is C15H11ClFN3O2S. The zero-order chi connectivity index (χ0) is 16.4. The predicted molar refractivity (Wildman–Crippen MR) is 86.0 cm³/mol. The minimum Gasteiger partial charge on any atom is -0.466 e. The summed E-state index contributed by atoms with van der Waals surface area (Å²) in [4.78, 5) is 20.6. The van der Waals surface area contributed by atoms with E-state index >= 15 is 0 Å². The van der Waals surface area contributed by atoms with E-state index in [1.807, 2.05) is 5.38 Å². The summed E-state index contributed by atoms with van der Waals surface area (Å²) in [5, 5.41) is 5.42. The molecule has 1 aromatic heterocycles. The van der Waals surface area contributed by atoms with E-state index in [9.17, 15) is 9.18 Å². The maximum atomic E-state index is 13.8. The van der Waals surface area contributed by atoms with Crippen molar-refractivity contribution in [2.45, 2.75) is 6.04 Å². The molecule has 0 fully saturated rings. The number of carbonyl (C=O) groups is 1. The SMILES string of the molecule is COC(=O)C1=CNC(c2nccs2)=N[C@H]1c1ccc(Cl)c(F)c1. The van der Waals surface area contributed by atoms with Crippen molar-refractivity contribution >= 4 is 34.7 Å². The summed E-state index contributed by atoms with van der Waals surface area (Å²) in [6, 6.07) is 3.62. The van der Waals surface area contributed by atoms with E-state index < -0.39 is 17.8 Å². The monoisotopic (exact) mass is 351 g/mol. The van der Waals surface area contributed by atoms with E-state index in [1.54, 1.807) is 12.3 Å². The van der Waals surface area contributed by atoms with Crippen LogP contribution in [0.4, 0.5) is 4.39 Å². The summed E-state index contributed by atoms with van der Waals surface area (Å²) in [6.45, 7) is 0. The molecule has 1 atom stereocenters. The lowest BCUT2D eigenvalue weighted by Gasteiger charge is -2.21. The normalized spacial score (nSPS) is 17.1. The average molecular weight is 352 g/mol. The Morgan fingerprint density at radius 2 is 2.30 bits per heavy atom. The summed E-state index contributed by atoms with van der Waals surface area (Å²) < 4.78 is 18.5. The summed E-state index contributed by atoms with van der Waals surface area (Å²) in [7, 11) is 1.28. The van der Waals surface area contributed by atoms with E-state index in [4.69, 9.17) is 16.3 Å². The van der Waals surface area contributed by atoms with E-state index in [-0.39, 0.29) is 10.6 Å². The highest BCUT2D eigenvalue weighted by atomic mass is 35.5. The number of hydrogen-bond donors (Lipinski definition) is 1. The van der Waals surface area contributed by atoms with Gasteiger partial charge in [0.05, 0.1) is 17.7 Å². The highest BCUT2D eigenvalue weighted by Crippen LogP contribution is 2.31. The maximum absolute atomic E-state index is 13.8. The molecule has 0 amide bonds. The summed E-state index contributed by atoms with van der Waals surface area (Å²) in [5.74, 6) is -0.606. The lowest BCUT2D eigenvalue weighted by molar-refractivity contribution is -0.136.